The van der Waals surface area contributed by atoms with E-state index in [1.54, 1.807) is 31.2 Å². The van der Waals surface area contributed by atoms with E-state index < -0.39 is 47.9 Å². The molecule has 0 saturated carbocycles. The van der Waals surface area contributed by atoms with E-state index in [-0.39, 0.29) is 43.9 Å². The molecule has 1 saturated heterocycles. The van der Waals surface area contributed by atoms with Gasteiger partial charge in [-0.05, 0) is 35.8 Å². The highest BCUT2D eigenvalue weighted by molar-refractivity contribution is 6.32. The molecule has 2 heterocycles. The van der Waals surface area contributed by atoms with Crippen LogP contribution < -0.4 is 15.4 Å². The van der Waals surface area contributed by atoms with Gasteiger partial charge >= 0.3 is 11.9 Å². The second-order valence-electron chi connectivity index (χ2n) is 11.5. The van der Waals surface area contributed by atoms with Gasteiger partial charge in [0.25, 0.3) is 0 Å². The molecule has 4 rings (SSSR count). The third-order valence-corrected chi connectivity index (χ3v) is 8.30. The summed E-state index contributed by atoms with van der Waals surface area (Å²) in [7, 11) is 1.50. The van der Waals surface area contributed by atoms with E-state index in [2.05, 4.69) is 10.6 Å². The SMILES string of the molecule is CCC[C@@H]1OC(=O)[C@H](C)CNC(=O)[C@@H](Cc2ccc(OC)c(Cl)c2)NC(=O)C=CCC([C@H](C)C2OC2c2ccccc2)OC1=O. The summed E-state index contributed by atoms with van der Waals surface area (Å²) >= 11 is 6.29. The Balaban J connectivity index is 1.56. The van der Waals surface area contributed by atoms with Crippen LogP contribution in [0.2, 0.25) is 5.02 Å². The molecule has 2 amide bonds. The van der Waals surface area contributed by atoms with Crippen molar-refractivity contribution in [2.45, 2.75) is 76.9 Å². The van der Waals surface area contributed by atoms with Crippen molar-refractivity contribution < 1.29 is 38.1 Å². The summed E-state index contributed by atoms with van der Waals surface area (Å²) in [4.78, 5) is 52.6. The van der Waals surface area contributed by atoms with Crippen molar-refractivity contribution in [3.05, 3.63) is 76.8 Å². The predicted molar refractivity (Wildman–Crippen MR) is 167 cm³/mol. The van der Waals surface area contributed by atoms with E-state index in [1.165, 1.54) is 13.2 Å². The molecule has 0 aliphatic carbocycles. The van der Waals surface area contributed by atoms with Gasteiger partial charge in [0.2, 0.25) is 11.8 Å². The molecule has 0 spiro atoms. The quantitative estimate of drug-likeness (QED) is 0.319. The standard InChI is InChI=1S/C34H41ClN2O8/c1-5-10-28-34(41)43-26(21(3)30-31(45-30)23-11-7-6-8-12-23)13-9-14-29(38)37-25(32(39)36-19-20(2)33(40)44-28)18-22-15-16-27(42-4)24(35)17-22/h6-9,11-12,14-17,20-21,25-26,28,30-31H,5,10,13,18-19H2,1-4H3,(H,36,39)(H,37,38)/t20-,21+,25-,26?,28+,30?,31?/m1/s1. The lowest BCUT2D eigenvalue weighted by Crippen LogP contribution is -2.49. The summed E-state index contributed by atoms with van der Waals surface area (Å²) in [6, 6.07) is 13.9. The molecule has 0 aromatic heterocycles. The first kappa shape index (κ1) is 34.0. The second-order valence-corrected chi connectivity index (χ2v) is 11.9. The minimum absolute atomic E-state index is 0.0588. The van der Waals surface area contributed by atoms with Crippen LogP contribution in [0.4, 0.5) is 0 Å². The first-order valence-corrected chi connectivity index (χ1v) is 15.7. The third-order valence-electron chi connectivity index (χ3n) is 8.01. The number of cyclic esters (lactones) is 2. The van der Waals surface area contributed by atoms with Gasteiger partial charge in [0.05, 0.1) is 24.2 Å². The van der Waals surface area contributed by atoms with Crippen molar-refractivity contribution in [3.8, 4) is 5.75 Å². The number of ether oxygens (including phenoxy) is 4. The molecule has 2 aromatic rings. The molecule has 45 heavy (non-hydrogen) atoms. The molecule has 0 radical (unpaired) electrons. The van der Waals surface area contributed by atoms with Gasteiger partial charge in [-0.15, -0.1) is 0 Å². The Kier molecular flexibility index (Phi) is 12.0. The van der Waals surface area contributed by atoms with Crippen LogP contribution in [0.15, 0.2) is 60.7 Å². The Morgan fingerprint density at radius 3 is 2.49 bits per heavy atom. The van der Waals surface area contributed by atoms with Crippen molar-refractivity contribution in [1.29, 1.82) is 0 Å². The minimum Gasteiger partial charge on any atom is -0.495 e. The van der Waals surface area contributed by atoms with Crippen LogP contribution in [0.5, 0.6) is 5.75 Å². The molecule has 0 bridgehead atoms. The van der Waals surface area contributed by atoms with Gasteiger partial charge in [-0.2, -0.15) is 0 Å². The largest absolute Gasteiger partial charge is 0.495 e. The molecule has 11 heteroatoms. The average Bonchev–Trinajstić information content (AvgIpc) is 3.83. The molecule has 3 unspecified atom stereocenters. The van der Waals surface area contributed by atoms with Crippen LogP contribution >= 0.6 is 11.6 Å². The normalized spacial score (nSPS) is 27.0. The van der Waals surface area contributed by atoms with Crippen LogP contribution in [0.1, 0.15) is 57.3 Å². The molecular formula is C34H41ClN2O8. The van der Waals surface area contributed by atoms with Gasteiger partial charge in [-0.25, -0.2) is 4.79 Å². The van der Waals surface area contributed by atoms with Crippen LogP contribution in [0.25, 0.3) is 0 Å². The molecule has 242 valence electrons. The van der Waals surface area contributed by atoms with Crippen LogP contribution in [-0.2, 0) is 39.8 Å². The first-order valence-electron chi connectivity index (χ1n) is 15.3. The van der Waals surface area contributed by atoms with Crippen LogP contribution in [0, 0.1) is 11.8 Å². The topological polar surface area (TPSA) is 133 Å². The number of rotatable bonds is 8. The summed E-state index contributed by atoms with van der Waals surface area (Å²) in [5.41, 5.74) is 1.73. The number of nitrogens with one attached hydrogen (secondary N) is 2. The lowest BCUT2D eigenvalue weighted by Gasteiger charge is -2.26. The zero-order chi connectivity index (χ0) is 32.5. The summed E-state index contributed by atoms with van der Waals surface area (Å²) in [5.74, 6) is -2.79. The Labute approximate surface area is 268 Å². The number of benzene rings is 2. The monoisotopic (exact) mass is 640 g/mol. The fourth-order valence-electron chi connectivity index (χ4n) is 5.26. The molecular weight excluding hydrogens is 600 g/mol. The Hall–Kier alpha value is -3.89. The Morgan fingerprint density at radius 1 is 1.04 bits per heavy atom. The molecule has 2 aliphatic rings. The molecule has 2 N–H and O–H groups in total. The van der Waals surface area contributed by atoms with Gasteiger partial charge in [-0.1, -0.05) is 81.3 Å². The van der Waals surface area contributed by atoms with E-state index in [1.807, 2.05) is 44.2 Å². The number of hydrogen-bond donors (Lipinski definition) is 2. The summed E-state index contributed by atoms with van der Waals surface area (Å²) in [6.07, 6.45) is 2.04. The molecule has 10 nitrogen and oxygen atoms in total. The number of hydrogen-bond acceptors (Lipinski definition) is 8. The lowest BCUT2D eigenvalue weighted by atomic mass is 9.93. The zero-order valence-electron chi connectivity index (χ0n) is 26.0. The van der Waals surface area contributed by atoms with Crippen molar-refractivity contribution in [3.63, 3.8) is 0 Å². The Morgan fingerprint density at radius 2 is 1.80 bits per heavy atom. The summed E-state index contributed by atoms with van der Waals surface area (Å²) in [6.45, 7) is 5.35. The highest BCUT2D eigenvalue weighted by atomic mass is 35.5. The van der Waals surface area contributed by atoms with E-state index in [0.717, 1.165) is 5.56 Å². The van der Waals surface area contributed by atoms with Gasteiger partial charge in [0.1, 0.15) is 24.0 Å². The number of halogens is 1. The summed E-state index contributed by atoms with van der Waals surface area (Å²) in [5, 5.41) is 5.85. The summed E-state index contributed by atoms with van der Waals surface area (Å²) < 4.78 is 22.8. The van der Waals surface area contributed by atoms with E-state index in [0.29, 0.717) is 22.8 Å². The van der Waals surface area contributed by atoms with Crippen LogP contribution in [-0.4, -0.2) is 61.8 Å². The van der Waals surface area contributed by atoms with Gasteiger partial charge < -0.3 is 29.6 Å². The van der Waals surface area contributed by atoms with Crippen LogP contribution in [0.3, 0.4) is 0 Å². The number of carbonyl (C=O) groups is 4. The molecule has 1 fully saturated rings. The third kappa shape index (κ3) is 9.31. The van der Waals surface area contributed by atoms with Crippen molar-refractivity contribution >= 4 is 35.4 Å². The molecule has 2 aromatic carbocycles. The van der Waals surface area contributed by atoms with Gasteiger partial charge in [0, 0.05) is 25.3 Å². The number of carbonyl (C=O) groups excluding carboxylic acids is 4. The zero-order valence-corrected chi connectivity index (χ0v) is 26.8. The lowest BCUT2D eigenvalue weighted by molar-refractivity contribution is -0.175. The van der Waals surface area contributed by atoms with E-state index in [9.17, 15) is 19.2 Å². The van der Waals surface area contributed by atoms with E-state index >= 15 is 0 Å². The number of esters is 2. The number of epoxide rings is 1. The molecule has 2 aliphatic heterocycles. The highest BCUT2D eigenvalue weighted by Gasteiger charge is 2.47. The van der Waals surface area contributed by atoms with Crippen molar-refractivity contribution in [2.24, 2.45) is 11.8 Å². The highest BCUT2D eigenvalue weighted by Crippen LogP contribution is 2.45. The fourth-order valence-corrected chi connectivity index (χ4v) is 5.54. The maximum Gasteiger partial charge on any atom is 0.347 e. The van der Waals surface area contributed by atoms with Gasteiger partial charge in [-0.3, -0.25) is 14.4 Å². The smallest absolute Gasteiger partial charge is 0.347 e. The maximum absolute atomic E-state index is 13.3. The maximum atomic E-state index is 13.3. The minimum atomic E-state index is -1.10. The first-order chi connectivity index (χ1) is 21.6. The van der Waals surface area contributed by atoms with Crippen molar-refractivity contribution in [1.82, 2.24) is 10.6 Å². The average molecular weight is 641 g/mol. The Bertz CT molecular complexity index is 1380. The van der Waals surface area contributed by atoms with E-state index in [4.69, 9.17) is 30.5 Å². The second kappa shape index (κ2) is 15.9. The number of methoxy groups -OCH3 is 1. The number of amides is 2. The van der Waals surface area contributed by atoms with Gasteiger partial charge in [0.15, 0.2) is 6.10 Å². The molecule has 7 atom stereocenters. The predicted octanol–water partition coefficient (Wildman–Crippen LogP) is 4.49. The van der Waals surface area contributed by atoms with Crippen molar-refractivity contribution in [2.75, 3.05) is 13.7 Å². The fraction of sp³-hybridized carbons (Fsp3) is 0.471.